The van der Waals surface area contributed by atoms with Gasteiger partial charge in [0.15, 0.2) is 0 Å². The number of aliphatic hydroxyl groups excluding tert-OH is 1. The first-order valence-electron chi connectivity index (χ1n) is 5.01. The molecule has 1 aromatic rings. The summed E-state index contributed by atoms with van der Waals surface area (Å²) in [4.78, 5) is 12.2. The van der Waals surface area contributed by atoms with Crippen molar-refractivity contribution in [2.24, 2.45) is 0 Å². The Balaban J connectivity index is 2.35. The number of benzene rings is 1. The van der Waals surface area contributed by atoms with Crippen LogP contribution in [0.1, 0.15) is 16.7 Å². The van der Waals surface area contributed by atoms with Crippen molar-refractivity contribution in [2.45, 2.75) is 19.6 Å². The molecule has 86 valence electrons. The predicted molar refractivity (Wildman–Crippen MR) is 59.5 cm³/mol. The zero-order valence-corrected chi connectivity index (χ0v) is 9.37. The summed E-state index contributed by atoms with van der Waals surface area (Å²) in [5, 5.41) is 18.5. The molecule has 1 heterocycles. The Morgan fingerprint density at radius 1 is 1.50 bits per heavy atom. The van der Waals surface area contributed by atoms with E-state index in [4.69, 9.17) is 21.8 Å². The summed E-state index contributed by atoms with van der Waals surface area (Å²) in [6, 6.07) is 3.58. The van der Waals surface area contributed by atoms with Crippen LogP contribution in [0.5, 0.6) is 0 Å². The molecule has 1 aliphatic heterocycles. The Morgan fingerprint density at radius 3 is 2.88 bits per heavy atom. The van der Waals surface area contributed by atoms with Gasteiger partial charge >= 0.3 is 6.09 Å². The van der Waals surface area contributed by atoms with E-state index in [0.29, 0.717) is 30.1 Å². The fourth-order valence-corrected chi connectivity index (χ4v) is 2.28. The van der Waals surface area contributed by atoms with Crippen LogP contribution in [0.2, 0.25) is 5.02 Å². The van der Waals surface area contributed by atoms with E-state index in [0.717, 1.165) is 11.1 Å². The number of fused-ring (bicyclic) bond motifs is 1. The standard InChI is InChI=1S/C11H12ClNO3/c12-10-8(6-14)2-1-7-5-13(11(15)16)4-3-9(7)10/h1-2,14H,3-6H2,(H,15,16). The number of aliphatic hydroxyl groups is 1. The van der Waals surface area contributed by atoms with Gasteiger partial charge in [0, 0.05) is 18.1 Å². The second-order valence-corrected chi connectivity index (χ2v) is 4.17. The van der Waals surface area contributed by atoms with Gasteiger partial charge in [0.1, 0.15) is 0 Å². The number of carboxylic acid groups (broad SMARTS) is 1. The van der Waals surface area contributed by atoms with Gasteiger partial charge < -0.3 is 15.1 Å². The zero-order valence-electron chi connectivity index (χ0n) is 8.61. The van der Waals surface area contributed by atoms with Crippen LogP contribution in [0.15, 0.2) is 12.1 Å². The van der Waals surface area contributed by atoms with Gasteiger partial charge in [0.25, 0.3) is 0 Å². The molecule has 0 unspecified atom stereocenters. The number of hydrogen-bond acceptors (Lipinski definition) is 2. The SMILES string of the molecule is O=C(O)N1CCc2c(ccc(CO)c2Cl)C1. The van der Waals surface area contributed by atoms with E-state index < -0.39 is 6.09 Å². The van der Waals surface area contributed by atoms with Gasteiger partial charge in [-0.2, -0.15) is 0 Å². The fraction of sp³-hybridized carbons (Fsp3) is 0.364. The van der Waals surface area contributed by atoms with E-state index >= 15 is 0 Å². The van der Waals surface area contributed by atoms with Crippen molar-refractivity contribution >= 4 is 17.7 Å². The first-order valence-corrected chi connectivity index (χ1v) is 5.39. The molecule has 5 heteroatoms. The summed E-state index contributed by atoms with van der Waals surface area (Å²) in [5.74, 6) is 0. The summed E-state index contributed by atoms with van der Waals surface area (Å²) < 4.78 is 0. The van der Waals surface area contributed by atoms with Crippen LogP contribution >= 0.6 is 11.6 Å². The second kappa shape index (κ2) is 4.31. The molecule has 2 N–H and O–H groups in total. The molecular weight excluding hydrogens is 230 g/mol. The summed E-state index contributed by atoms with van der Waals surface area (Å²) in [6.07, 6.45) is -0.304. The van der Waals surface area contributed by atoms with Crippen LogP contribution in [-0.4, -0.2) is 27.8 Å². The monoisotopic (exact) mass is 241 g/mol. The maximum absolute atomic E-state index is 10.8. The van der Waals surface area contributed by atoms with E-state index in [1.165, 1.54) is 4.90 Å². The Morgan fingerprint density at radius 2 is 2.25 bits per heavy atom. The smallest absolute Gasteiger partial charge is 0.407 e. The molecular formula is C11H12ClNO3. The quantitative estimate of drug-likeness (QED) is 0.789. The second-order valence-electron chi connectivity index (χ2n) is 3.79. The molecule has 0 aromatic heterocycles. The molecule has 0 spiro atoms. The van der Waals surface area contributed by atoms with Crippen molar-refractivity contribution in [3.63, 3.8) is 0 Å². The van der Waals surface area contributed by atoms with Crippen LogP contribution in [0, 0.1) is 0 Å². The summed E-state index contributed by atoms with van der Waals surface area (Å²) in [6.45, 7) is 0.738. The van der Waals surface area contributed by atoms with Gasteiger partial charge in [-0.15, -0.1) is 0 Å². The molecule has 0 atom stereocenters. The minimum absolute atomic E-state index is 0.0885. The summed E-state index contributed by atoms with van der Waals surface area (Å²) in [7, 11) is 0. The Bertz CT molecular complexity index is 433. The van der Waals surface area contributed by atoms with Gasteiger partial charge in [0.2, 0.25) is 0 Å². The van der Waals surface area contributed by atoms with E-state index in [-0.39, 0.29) is 6.61 Å². The van der Waals surface area contributed by atoms with Crippen LogP contribution in [0.25, 0.3) is 0 Å². The van der Waals surface area contributed by atoms with Crippen molar-refractivity contribution in [2.75, 3.05) is 6.54 Å². The molecule has 0 aliphatic carbocycles. The van der Waals surface area contributed by atoms with Gasteiger partial charge in [-0.05, 0) is 23.1 Å². The molecule has 2 rings (SSSR count). The van der Waals surface area contributed by atoms with Gasteiger partial charge in [-0.3, -0.25) is 0 Å². The molecule has 16 heavy (non-hydrogen) atoms. The van der Waals surface area contributed by atoms with E-state index in [2.05, 4.69) is 0 Å². The van der Waals surface area contributed by atoms with E-state index in [1.807, 2.05) is 6.07 Å². The molecule has 0 saturated carbocycles. The van der Waals surface area contributed by atoms with Crippen LogP contribution in [-0.2, 0) is 19.6 Å². The third-order valence-electron chi connectivity index (χ3n) is 2.85. The number of nitrogens with zero attached hydrogens (tertiary/aromatic N) is 1. The van der Waals surface area contributed by atoms with Gasteiger partial charge in [0.05, 0.1) is 6.61 Å². The molecule has 0 saturated heterocycles. The lowest BCUT2D eigenvalue weighted by Gasteiger charge is -2.27. The minimum atomic E-state index is -0.909. The number of amides is 1. The third kappa shape index (κ3) is 1.86. The molecule has 0 radical (unpaired) electrons. The van der Waals surface area contributed by atoms with Gasteiger partial charge in [-0.25, -0.2) is 4.79 Å². The topological polar surface area (TPSA) is 60.8 Å². The Hall–Kier alpha value is -1.26. The van der Waals surface area contributed by atoms with Crippen LogP contribution in [0.3, 0.4) is 0 Å². The van der Waals surface area contributed by atoms with Crippen molar-refractivity contribution in [1.29, 1.82) is 0 Å². The lowest BCUT2D eigenvalue weighted by molar-refractivity contribution is 0.140. The maximum atomic E-state index is 10.8. The highest BCUT2D eigenvalue weighted by molar-refractivity contribution is 6.32. The van der Waals surface area contributed by atoms with Crippen LogP contribution in [0.4, 0.5) is 4.79 Å². The highest BCUT2D eigenvalue weighted by Gasteiger charge is 2.22. The van der Waals surface area contributed by atoms with Crippen molar-refractivity contribution < 1.29 is 15.0 Å². The first kappa shape index (κ1) is 11.2. The van der Waals surface area contributed by atoms with E-state index in [9.17, 15) is 4.79 Å². The molecule has 0 fully saturated rings. The molecule has 0 bridgehead atoms. The Kier molecular flexibility index (Phi) is 3.03. The Labute approximate surface area is 98.1 Å². The number of halogens is 1. The molecule has 1 aliphatic rings. The van der Waals surface area contributed by atoms with Crippen molar-refractivity contribution in [3.05, 3.63) is 33.8 Å². The lowest BCUT2D eigenvalue weighted by Crippen LogP contribution is -2.34. The minimum Gasteiger partial charge on any atom is -0.465 e. The predicted octanol–water partition coefficient (Wildman–Crippen LogP) is 1.87. The van der Waals surface area contributed by atoms with Crippen molar-refractivity contribution in [3.8, 4) is 0 Å². The largest absolute Gasteiger partial charge is 0.465 e. The number of rotatable bonds is 1. The highest BCUT2D eigenvalue weighted by atomic mass is 35.5. The number of carbonyl (C=O) groups is 1. The average Bonchev–Trinajstić information content (AvgIpc) is 2.29. The highest BCUT2D eigenvalue weighted by Crippen LogP contribution is 2.29. The normalized spacial score (nSPS) is 14.8. The van der Waals surface area contributed by atoms with Crippen molar-refractivity contribution in [1.82, 2.24) is 4.90 Å². The maximum Gasteiger partial charge on any atom is 0.407 e. The van der Waals surface area contributed by atoms with Crippen LogP contribution < -0.4 is 0 Å². The van der Waals surface area contributed by atoms with E-state index in [1.54, 1.807) is 6.07 Å². The average molecular weight is 242 g/mol. The molecule has 4 nitrogen and oxygen atoms in total. The zero-order chi connectivity index (χ0) is 11.7. The third-order valence-corrected chi connectivity index (χ3v) is 3.32. The fourth-order valence-electron chi connectivity index (χ4n) is 1.94. The van der Waals surface area contributed by atoms with Gasteiger partial charge in [-0.1, -0.05) is 23.7 Å². The summed E-state index contributed by atoms with van der Waals surface area (Å²) in [5.41, 5.74) is 2.59. The first-order chi connectivity index (χ1) is 7.63. The number of hydrogen-bond donors (Lipinski definition) is 2. The lowest BCUT2D eigenvalue weighted by atomic mass is 9.97. The molecule has 1 aromatic carbocycles. The molecule has 1 amide bonds. The summed E-state index contributed by atoms with van der Waals surface area (Å²) >= 11 is 6.13.